The van der Waals surface area contributed by atoms with Crippen LogP contribution in [0.2, 0.25) is 0 Å². The van der Waals surface area contributed by atoms with E-state index in [9.17, 15) is 24.6 Å². The summed E-state index contributed by atoms with van der Waals surface area (Å²) in [5.74, 6) is -2.40. The molecule has 0 unspecified atom stereocenters. The van der Waals surface area contributed by atoms with Crippen LogP contribution in [0, 0.1) is 0 Å². The predicted octanol–water partition coefficient (Wildman–Crippen LogP) is 3.27. The molecule has 10 heteroatoms. The van der Waals surface area contributed by atoms with E-state index in [4.69, 9.17) is 26.4 Å². The van der Waals surface area contributed by atoms with Gasteiger partial charge in [-0.3, -0.25) is 9.59 Å². The molecule has 0 bridgehead atoms. The van der Waals surface area contributed by atoms with Gasteiger partial charge in [0.1, 0.15) is 11.3 Å². The second kappa shape index (κ2) is 9.71. The van der Waals surface area contributed by atoms with Crippen molar-refractivity contribution in [2.24, 2.45) is 5.73 Å². The highest BCUT2D eigenvalue weighted by Crippen LogP contribution is 2.38. The number of carbonyl (C=O) groups excluding carboxylic acids is 3. The Morgan fingerprint density at radius 3 is 2.22 bits per heavy atom. The molecule has 10 nitrogen and oxygen atoms in total. The van der Waals surface area contributed by atoms with Crippen LogP contribution in [0.1, 0.15) is 44.9 Å². The number of primary amides is 1. The summed E-state index contributed by atoms with van der Waals surface area (Å²) in [6.07, 6.45) is 0.549. The highest BCUT2D eigenvalue weighted by Gasteiger charge is 2.25. The number of ketones is 1. The SMILES string of the molecule is NC(=O)CCCc1oc2cc(OC(=O)c3ccccc3)c(O)cc2c1C(=O)c1cc(N)c(O)c(N)c1. The normalized spacial score (nSPS) is 10.9. The Labute approximate surface area is 204 Å². The Morgan fingerprint density at radius 2 is 1.58 bits per heavy atom. The number of aryl methyl sites for hydroxylation is 1. The first-order valence-electron chi connectivity index (χ1n) is 10.9. The smallest absolute Gasteiger partial charge is 0.343 e. The number of carbonyl (C=O) groups is 3. The van der Waals surface area contributed by atoms with Crippen LogP contribution in [0.3, 0.4) is 0 Å². The monoisotopic (exact) mass is 489 g/mol. The largest absolute Gasteiger partial charge is 0.504 e. The van der Waals surface area contributed by atoms with Gasteiger partial charge in [-0.15, -0.1) is 0 Å². The molecule has 4 aromatic rings. The molecule has 1 amide bonds. The van der Waals surface area contributed by atoms with Gasteiger partial charge < -0.3 is 36.6 Å². The van der Waals surface area contributed by atoms with E-state index in [1.807, 2.05) is 0 Å². The highest BCUT2D eigenvalue weighted by atomic mass is 16.5. The molecule has 0 fully saturated rings. The molecule has 0 aliphatic rings. The molecule has 184 valence electrons. The van der Waals surface area contributed by atoms with Crippen molar-refractivity contribution in [2.45, 2.75) is 19.3 Å². The fourth-order valence-corrected chi connectivity index (χ4v) is 3.78. The van der Waals surface area contributed by atoms with Crippen LogP contribution in [-0.4, -0.2) is 27.9 Å². The van der Waals surface area contributed by atoms with Crippen molar-refractivity contribution in [3.63, 3.8) is 0 Å². The molecule has 4 rings (SSSR count). The third-order valence-corrected chi connectivity index (χ3v) is 5.54. The average molecular weight is 489 g/mol. The number of rotatable bonds is 8. The van der Waals surface area contributed by atoms with E-state index >= 15 is 0 Å². The van der Waals surface area contributed by atoms with E-state index < -0.39 is 23.4 Å². The number of benzene rings is 3. The van der Waals surface area contributed by atoms with Gasteiger partial charge in [0.25, 0.3) is 0 Å². The number of nitrogen functional groups attached to an aromatic ring is 2. The van der Waals surface area contributed by atoms with Crippen molar-refractivity contribution in [1.82, 2.24) is 0 Å². The summed E-state index contributed by atoms with van der Waals surface area (Å²) in [5, 5.41) is 20.7. The number of hydrogen-bond acceptors (Lipinski definition) is 9. The van der Waals surface area contributed by atoms with Gasteiger partial charge in [-0.2, -0.15) is 0 Å². The van der Waals surface area contributed by atoms with Crippen molar-refractivity contribution in [3.05, 3.63) is 77.0 Å². The Kier molecular flexibility index (Phi) is 6.51. The maximum absolute atomic E-state index is 13.5. The van der Waals surface area contributed by atoms with Crippen molar-refractivity contribution >= 4 is 40.0 Å². The van der Waals surface area contributed by atoms with Gasteiger partial charge in [0.15, 0.2) is 23.0 Å². The number of fused-ring (bicyclic) bond motifs is 1. The maximum atomic E-state index is 13.5. The van der Waals surface area contributed by atoms with E-state index in [0.717, 1.165) is 0 Å². The lowest BCUT2D eigenvalue weighted by Crippen LogP contribution is -2.11. The number of furan rings is 1. The quantitative estimate of drug-likeness (QED) is 0.0812. The van der Waals surface area contributed by atoms with Crippen molar-refractivity contribution in [2.75, 3.05) is 11.5 Å². The number of nitrogens with two attached hydrogens (primary N) is 3. The van der Waals surface area contributed by atoms with Gasteiger partial charge >= 0.3 is 5.97 Å². The van der Waals surface area contributed by atoms with Gasteiger partial charge in [0.05, 0.1) is 22.5 Å². The molecule has 3 aromatic carbocycles. The van der Waals surface area contributed by atoms with Gasteiger partial charge in [-0.1, -0.05) is 18.2 Å². The topological polar surface area (TPSA) is 192 Å². The van der Waals surface area contributed by atoms with Gasteiger partial charge in [0.2, 0.25) is 5.91 Å². The van der Waals surface area contributed by atoms with Gasteiger partial charge in [-0.05, 0) is 36.8 Å². The number of phenolic OH excluding ortho intramolecular Hbond substituents is 2. The summed E-state index contributed by atoms with van der Waals surface area (Å²) in [7, 11) is 0. The zero-order valence-corrected chi connectivity index (χ0v) is 19.0. The molecule has 36 heavy (non-hydrogen) atoms. The number of anilines is 2. The molecule has 1 heterocycles. The summed E-state index contributed by atoms with van der Waals surface area (Å²) >= 11 is 0. The fraction of sp³-hybridized carbons (Fsp3) is 0.115. The molecule has 1 aromatic heterocycles. The van der Waals surface area contributed by atoms with Gasteiger partial charge in [0, 0.05) is 29.9 Å². The molecule has 0 radical (unpaired) electrons. The van der Waals surface area contributed by atoms with Gasteiger partial charge in [-0.25, -0.2) is 4.79 Å². The Hall–Kier alpha value is -4.99. The molecule has 8 N–H and O–H groups in total. The molecule has 0 atom stereocenters. The molecular formula is C26H23N3O7. The van der Waals surface area contributed by atoms with Crippen LogP contribution in [-0.2, 0) is 11.2 Å². The van der Waals surface area contributed by atoms with Crippen molar-refractivity contribution in [1.29, 1.82) is 0 Å². The van der Waals surface area contributed by atoms with E-state index in [0.29, 0.717) is 6.42 Å². The summed E-state index contributed by atoms with van der Waals surface area (Å²) in [4.78, 5) is 37.2. The fourth-order valence-electron chi connectivity index (χ4n) is 3.78. The number of hydrogen-bond donors (Lipinski definition) is 5. The summed E-state index contributed by atoms with van der Waals surface area (Å²) in [6.45, 7) is 0. The number of amides is 1. The first-order chi connectivity index (χ1) is 17.2. The average Bonchev–Trinajstić information content (AvgIpc) is 3.18. The Bertz CT molecular complexity index is 1470. The zero-order valence-electron chi connectivity index (χ0n) is 19.0. The first kappa shape index (κ1) is 24.1. The highest BCUT2D eigenvalue weighted by molar-refractivity contribution is 6.18. The Balaban J connectivity index is 1.78. The van der Waals surface area contributed by atoms with Crippen LogP contribution >= 0.6 is 0 Å². The van der Waals surface area contributed by atoms with E-state index in [-0.39, 0.29) is 69.1 Å². The third kappa shape index (κ3) is 4.78. The minimum atomic E-state index is -0.690. The van der Waals surface area contributed by atoms with Crippen LogP contribution in [0.15, 0.2) is 59.0 Å². The molecule has 0 aliphatic carbocycles. The lowest BCUT2D eigenvalue weighted by atomic mass is 9.97. The van der Waals surface area contributed by atoms with E-state index in [1.54, 1.807) is 30.3 Å². The third-order valence-electron chi connectivity index (χ3n) is 5.54. The zero-order chi connectivity index (χ0) is 26.0. The predicted molar refractivity (Wildman–Crippen MR) is 132 cm³/mol. The summed E-state index contributed by atoms with van der Waals surface area (Å²) in [6, 6.07) is 13.3. The number of esters is 1. The van der Waals surface area contributed by atoms with Crippen LogP contribution < -0.4 is 21.9 Å². The minimum Gasteiger partial charge on any atom is -0.504 e. The van der Waals surface area contributed by atoms with Crippen molar-refractivity contribution < 1.29 is 33.8 Å². The van der Waals surface area contributed by atoms with Crippen LogP contribution in [0.4, 0.5) is 11.4 Å². The molecule has 0 spiro atoms. The second-order valence-corrected chi connectivity index (χ2v) is 8.12. The number of ether oxygens (including phenoxy) is 1. The lowest BCUT2D eigenvalue weighted by molar-refractivity contribution is -0.118. The number of phenols is 2. The molecule has 0 saturated carbocycles. The second-order valence-electron chi connectivity index (χ2n) is 8.12. The Morgan fingerprint density at radius 1 is 0.917 bits per heavy atom. The summed E-state index contributed by atoms with van der Waals surface area (Å²) in [5.41, 5.74) is 17.2. The lowest BCUT2D eigenvalue weighted by Gasteiger charge is -2.08. The van der Waals surface area contributed by atoms with E-state index in [1.165, 1.54) is 24.3 Å². The molecule has 0 aliphatic heterocycles. The van der Waals surface area contributed by atoms with E-state index in [2.05, 4.69) is 0 Å². The first-order valence-corrected chi connectivity index (χ1v) is 10.9. The van der Waals surface area contributed by atoms with Crippen LogP contribution in [0.25, 0.3) is 11.0 Å². The summed E-state index contributed by atoms with van der Waals surface area (Å²) < 4.78 is 11.2. The maximum Gasteiger partial charge on any atom is 0.343 e. The molecular weight excluding hydrogens is 466 g/mol. The molecule has 0 saturated heterocycles. The van der Waals surface area contributed by atoms with Crippen molar-refractivity contribution in [3.8, 4) is 17.2 Å². The minimum absolute atomic E-state index is 0.0645. The standard InChI is InChI=1S/C26H23N3O7/c27-16-9-14(10-17(28)25(16)33)24(32)23-15-11-18(30)21(36-26(34)13-5-2-1-3-6-13)12-20(15)35-19(23)7-4-8-22(29)31/h1-3,5-6,9-12,30,33H,4,7-8,27-28H2,(H2,29,31). The number of aromatic hydroxyl groups is 2. The van der Waals surface area contributed by atoms with Crippen LogP contribution in [0.5, 0.6) is 17.2 Å².